The Labute approximate surface area is 119 Å². The van der Waals surface area contributed by atoms with Crippen molar-refractivity contribution < 1.29 is 9.47 Å². The van der Waals surface area contributed by atoms with Gasteiger partial charge in [0, 0.05) is 23.8 Å². The monoisotopic (exact) mass is 275 g/mol. The third kappa shape index (κ3) is 3.11. The molecule has 5 heteroatoms. The Morgan fingerprint density at radius 2 is 2.10 bits per heavy atom. The molecular formula is C15H21N3O2. The van der Waals surface area contributed by atoms with Gasteiger partial charge < -0.3 is 19.8 Å². The Hall–Kier alpha value is -2.01. The zero-order chi connectivity index (χ0) is 14.5. The summed E-state index contributed by atoms with van der Waals surface area (Å²) in [5.41, 5.74) is 3.18. The number of rotatable bonds is 6. The Balaban J connectivity index is 2.11. The molecule has 0 aliphatic carbocycles. The van der Waals surface area contributed by atoms with E-state index in [1.54, 1.807) is 20.5 Å². The summed E-state index contributed by atoms with van der Waals surface area (Å²) in [6, 6.07) is 5.95. The average Bonchev–Trinajstić information content (AvgIpc) is 2.89. The summed E-state index contributed by atoms with van der Waals surface area (Å²) < 4.78 is 10.7. The number of hydrogen-bond donors (Lipinski definition) is 2. The van der Waals surface area contributed by atoms with Crippen molar-refractivity contribution in [2.24, 2.45) is 0 Å². The first-order chi connectivity index (χ1) is 9.65. The number of benzene rings is 1. The predicted octanol–water partition coefficient (Wildman–Crippen LogP) is 2.59. The molecule has 1 unspecified atom stereocenters. The van der Waals surface area contributed by atoms with Crippen molar-refractivity contribution in [2.75, 3.05) is 14.2 Å². The lowest BCUT2D eigenvalue weighted by Gasteiger charge is -2.18. The van der Waals surface area contributed by atoms with Crippen LogP contribution >= 0.6 is 0 Å². The van der Waals surface area contributed by atoms with Gasteiger partial charge in [-0.2, -0.15) is 0 Å². The molecular weight excluding hydrogens is 254 g/mol. The number of imidazole rings is 1. The van der Waals surface area contributed by atoms with Gasteiger partial charge in [0.2, 0.25) is 0 Å². The number of nitrogens with one attached hydrogen (secondary N) is 2. The van der Waals surface area contributed by atoms with Crippen LogP contribution in [0.1, 0.15) is 29.9 Å². The maximum absolute atomic E-state index is 5.41. The topological polar surface area (TPSA) is 59.2 Å². The summed E-state index contributed by atoms with van der Waals surface area (Å²) in [7, 11) is 3.34. The van der Waals surface area contributed by atoms with Crippen LogP contribution in [0.2, 0.25) is 0 Å². The maximum Gasteiger partial charge on any atom is 0.123 e. The minimum Gasteiger partial charge on any atom is -0.497 e. The van der Waals surface area contributed by atoms with E-state index in [1.165, 1.54) is 0 Å². The van der Waals surface area contributed by atoms with Gasteiger partial charge in [0.1, 0.15) is 11.5 Å². The van der Waals surface area contributed by atoms with Crippen LogP contribution in [-0.2, 0) is 6.54 Å². The molecule has 0 spiro atoms. The number of aryl methyl sites for hydroxylation is 1. The summed E-state index contributed by atoms with van der Waals surface area (Å²) in [5.74, 6) is 1.68. The van der Waals surface area contributed by atoms with Gasteiger partial charge in [-0.05, 0) is 32.0 Å². The second kappa shape index (κ2) is 6.43. The number of nitrogens with zero attached hydrogens (tertiary/aromatic N) is 1. The zero-order valence-electron chi connectivity index (χ0n) is 12.4. The summed E-state index contributed by atoms with van der Waals surface area (Å²) in [4.78, 5) is 7.36. The number of methoxy groups -OCH3 is 2. The Bertz CT molecular complexity index is 566. The van der Waals surface area contributed by atoms with Gasteiger partial charge in [0.25, 0.3) is 0 Å². The first-order valence-electron chi connectivity index (χ1n) is 6.60. The summed E-state index contributed by atoms with van der Waals surface area (Å²) in [6.07, 6.45) is 1.71. The van der Waals surface area contributed by atoms with E-state index in [2.05, 4.69) is 22.2 Å². The van der Waals surface area contributed by atoms with Gasteiger partial charge >= 0.3 is 0 Å². The SMILES string of the molecule is COc1ccc(OC)c(C(C)NCc2nc[nH]c2C)c1. The largest absolute Gasteiger partial charge is 0.497 e. The van der Waals surface area contributed by atoms with Crippen molar-refractivity contribution in [1.82, 2.24) is 15.3 Å². The number of ether oxygens (including phenoxy) is 2. The third-order valence-electron chi connectivity index (χ3n) is 3.41. The van der Waals surface area contributed by atoms with Gasteiger partial charge in [-0.3, -0.25) is 0 Å². The van der Waals surface area contributed by atoms with E-state index in [0.717, 1.165) is 28.5 Å². The van der Waals surface area contributed by atoms with Crippen LogP contribution in [0.15, 0.2) is 24.5 Å². The maximum atomic E-state index is 5.41. The summed E-state index contributed by atoms with van der Waals surface area (Å²) in [5, 5.41) is 3.45. The molecule has 5 nitrogen and oxygen atoms in total. The van der Waals surface area contributed by atoms with Crippen LogP contribution in [0.5, 0.6) is 11.5 Å². The van der Waals surface area contributed by atoms with E-state index in [0.29, 0.717) is 6.54 Å². The molecule has 1 atom stereocenters. The minimum absolute atomic E-state index is 0.135. The number of aromatic nitrogens is 2. The van der Waals surface area contributed by atoms with Crippen molar-refractivity contribution in [3.8, 4) is 11.5 Å². The average molecular weight is 275 g/mol. The van der Waals surface area contributed by atoms with Gasteiger partial charge in [-0.15, -0.1) is 0 Å². The highest BCUT2D eigenvalue weighted by Crippen LogP contribution is 2.29. The lowest BCUT2D eigenvalue weighted by Crippen LogP contribution is -2.19. The lowest BCUT2D eigenvalue weighted by atomic mass is 10.1. The molecule has 1 aromatic carbocycles. The molecule has 0 fully saturated rings. The fourth-order valence-electron chi connectivity index (χ4n) is 2.10. The number of aromatic amines is 1. The van der Waals surface area contributed by atoms with E-state index in [4.69, 9.17) is 9.47 Å². The molecule has 0 amide bonds. The molecule has 0 aliphatic rings. The van der Waals surface area contributed by atoms with Gasteiger partial charge in [0.15, 0.2) is 0 Å². The highest BCUT2D eigenvalue weighted by Gasteiger charge is 2.13. The van der Waals surface area contributed by atoms with Crippen molar-refractivity contribution in [3.05, 3.63) is 41.5 Å². The second-order valence-electron chi connectivity index (χ2n) is 4.68. The highest BCUT2D eigenvalue weighted by molar-refractivity contribution is 5.42. The summed E-state index contributed by atoms with van der Waals surface area (Å²) in [6.45, 7) is 4.82. The van der Waals surface area contributed by atoms with E-state index in [9.17, 15) is 0 Å². The second-order valence-corrected chi connectivity index (χ2v) is 4.68. The van der Waals surface area contributed by atoms with Crippen molar-refractivity contribution in [2.45, 2.75) is 26.4 Å². The van der Waals surface area contributed by atoms with Crippen LogP contribution in [0.3, 0.4) is 0 Å². The zero-order valence-corrected chi connectivity index (χ0v) is 12.4. The molecule has 1 heterocycles. The first kappa shape index (κ1) is 14.4. The van der Waals surface area contributed by atoms with E-state index >= 15 is 0 Å². The molecule has 0 bridgehead atoms. The van der Waals surface area contributed by atoms with Crippen molar-refractivity contribution in [3.63, 3.8) is 0 Å². The number of H-pyrrole nitrogens is 1. The molecule has 2 aromatic rings. The molecule has 2 N–H and O–H groups in total. The third-order valence-corrected chi connectivity index (χ3v) is 3.41. The molecule has 0 aliphatic heterocycles. The predicted molar refractivity (Wildman–Crippen MR) is 78.1 cm³/mol. The standard InChI is InChI=1S/C15H21N3O2/c1-10(16-8-14-11(2)17-9-18-14)13-7-12(19-3)5-6-15(13)20-4/h5-7,9-10,16H,8H2,1-4H3,(H,17,18). The van der Waals surface area contributed by atoms with E-state index in [1.807, 2.05) is 25.1 Å². The molecule has 108 valence electrons. The molecule has 0 saturated heterocycles. The van der Waals surface area contributed by atoms with Crippen LogP contribution in [0, 0.1) is 6.92 Å². The molecule has 0 saturated carbocycles. The normalized spacial score (nSPS) is 12.2. The highest BCUT2D eigenvalue weighted by atomic mass is 16.5. The van der Waals surface area contributed by atoms with E-state index in [-0.39, 0.29) is 6.04 Å². The Morgan fingerprint density at radius 3 is 2.70 bits per heavy atom. The molecule has 20 heavy (non-hydrogen) atoms. The lowest BCUT2D eigenvalue weighted by molar-refractivity contribution is 0.391. The van der Waals surface area contributed by atoms with Gasteiger partial charge in [-0.1, -0.05) is 0 Å². The van der Waals surface area contributed by atoms with Crippen LogP contribution in [0.25, 0.3) is 0 Å². The van der Waals surface area contributed by atoms with Crippen LogP contribution in [-0.4, -0.2) is 24.2 Å². The number of hydrogen-bond acceptors (Lipinski definition) is 4. The minimum atomic E-state index is 0.135. The van der Waals surface area contributed by atoms with Crippen LogP contribution in [0.4, 0.5) is 0 Å². The molecule has 1 aromatic heterocycles. The fraction of sp³-hybridized carbons (Fsp3) is 0.400. The quantitative estimate of drug-likeness (QED) is 0.850. The molecule has 2 rings (SSSR count). The smallest absolute Gasteiger partial charge is 0.123 e. The van der Waals surface area contributed by atoms with E-state index < -0.39 is 0 Å². The van der Waals surface area contributed by atoms with Crippen molar-refractivity contribution >= 4 is 0 Å². The first-order valence-corrected chi connectivity index (χ1v) is 6.60. The Kier molecular flexibility index (Phi) is 4.63. The molecule has 0 radical (unpaired) electrons. The van der Waals surface area contributed by atoms with Gasteiger partial charge in [-0.25, -0.2) is 4.98 Å². The van der Waals surface area contributed by atoms with Crippen LogP contribution < -0.4 is 14.8 Å². The Morgan fingerprint density at radius 1 is 1.30 bits per heavy atom. The summed E-state index contributed by atoms with van der Waals surface area (Å²) >= 11 is 0. The fourth-order valence-corrected chi connectivity index (χ4v) is 2.10. The van der Waals surface area contributed by atoms with Gasteiger partial charge in [0.05, 0.1) is 26.2 Å². The van der Waals surface area contributed by atoms with Crippen molar-refractivity contribution in [1.29, 1.82) is 0 Å².